The van der Waals surface area contributed by atoms with Crippen LogP contribution >= 0.6 is 0 Å². The predicted molar refractivity (Wildman–Crippen MR) is 110 cm³/mol. The summed E-state index contributed by atoms with van der Waals surface area (Å²) in [7, 11) is 3.22. The molecule has 0 aliphatic rings. The average molecular weight is 408 g/mol. The summed E-state index contributed by atoms with van der Waals surface area (Å²) in [5, 5.41) is 0. The first-order valence-corrected chi connectivity index (χ1v) is 9.49. The van der Waals surface area contributed by atoms with Crippen LogP contribution in [0.15, 0.2) is 49.1 Å². The highest BCUT2D eigenvalue weighted by Gasteiger charge is 2.17. The van der Waals surface area contributed by atoms with E-state index in [0.29, 0.717) is 32.8 Å². The Morgan fingerprint density at radius 2 is 1.86 bits per heavy atom. The van der Waals surface area contributed by atoms with Gasteiger partial charge in [0.2, 0.25) is 0 Å². The molecule has 0 spiro atoms. The van der Waals surface area contributed by atoms with Gasteiger partial charge in [0.25, 0.3) is 0 Å². The molecular weight excluding hydrogens is 376 g/mol. The first-order chi connectivity index (χ1) is 14.1. The number of rotatable bonds is 16. The highest BCUT2D eigenvalue weighted by molar-refractivity contribution is 5.82. The van der Waals surface area contributed by atoms with Crippen LogP contribution < -0.4 is 4.74 Å². The molecule has 1 rings (SSSR count). The fraction of sp³-hybridized carbons (Fsp3) is 0.500. The molecule has 0 saturated carbocycles. The summed E-state index contributed by atoms with van der Waals surface area (Å²) >= 11 is 0. The van der Waals surface area contributed by atoms with Gasteiger partial charge in [0.1, 0.15) is 18.6 Å². The summed E-state index contributed by atoms with van der Waals surface area (Å²) in [6, 6.07) is 7.62. The summed E-state index contributed by atoms with van der Waals surface area (Å²) in [5.41, 5.74) is 1.00. The number of ether oxygens (including phenoxy) is 6. The van der Waals surface area contributed by atoms with Gasteiger partial charge in [-0.3, -0.25) is 0 Å². The van der Waals surface area contributed by atoms with Gasteiger partial charge in [-0.05, 0) is 37.1 Å². The normalized spacial score (nSPS) is 13.2. The SMILES string of the molecule is C=CCCOC(=O)/C=C/[C@@H](OCOCCOC)[C@H](C)OCc1ccc(OC)cc1. The molecule has 7 heteroatoms. The molecule has 1 aromatic carbocycles. The number of carbonyl (C=O) groups is 1. The van der Waals surface area contributed by atoms with Gasteiger partial charge in [-0.15, -0.1) is 6.58 Å². The molecule has 0 unspecified atom stereocenters. The van der Waals surface area contributed by atoms with Gasteiger partial charge in [-0.1, -0.05) is 18.2 Å². The lowest BCUT2D eigenvalue weighted by Crippen LogP contribution is -2.29. The zero-order chi connectivity index (χ0) is 21.3. The van der Waals surface area contributed by atoms with Crippen molar-refractivity contribution in [2.45, 2.75) is 32.2 Å². The minimum atomic E-state index is -0.484. The van der Waals surface area contributed by atoms with E-state index in [0.717, 1.165) is 11.3 Å². The molecule has 0 saturated heterocycles. The van der Waals surface area contributed by atoms with E-state index in [9.17, 15) is 4.79 Å². The quantitative estimate of drug-likeness (QED) is 0.137. The zero-order valence-electron chi connectivity index (χ0n) is 17.5. The van der Waals surface area contributed by atoms with Crippen LogP contribution in [0.1, 0.15) is 18.9 Å². The fourth-order valence-corrected chi connectivity index (χ4v) is 2.18. The topological polar surface area (TPSA) is 72.5 Å². The maximum atomic E-state index is 11.8. The first kappa shape index (κ1) is 24.8. The van der Waals surface area contributed by atoms with Crippen molar-refractivity contribution in [2.24, 2.45) is 0 Å². The van der Waals surface area contributed by atoms with Gasteiger partial charge in [0.05, 0.1) is 39.6 Å². The molecule has 162 valence electrons. The molecule has 7 nitrogen and oxygen atoms in total. The maximum absolute atomic E-state index is 11.8. The summed E-state index contributed by atoms with van der Waals surface area (Å²) in [6.07, 6.45) is 4.46. The van der Waals surface area contributed by atoms with Gasteiger partial charge in [-0.25, -0.2) is 4.79 Å². The number of esters is 1. The second kappa shape index (κ2) is 15.7. The van der Waals surface area contributed by atoms with Gasteiger partial charge < -0.3 is 28.4 Å². The lowest BCUT2D eigenvalue weighted by atomic mass is 10.2. The second-order valence-corrected chi connectivity index (χ2v) is 6.12. The zero-order valence-corrected chi connectivity index (χ0v) is 17.5. The minimum Gasteiger partial charge on any atom is -0.497 e. The van der Waals surface area contributed by atoms with Crippen LogP contribution in [-0.2, 0) is 35.1 Å². The Balaban J connectivity index is 2.58. The molecule has 0 amide bonds. The van der Waals surface area contributed by atoms with Crippen molar-refractivity contribution in [2.75, 3.05) is 40.8 Å². The molecule has 0 radical (unpaired) electrons. The van der Waals surface area contributed by atoms with Crippen molar-refractivity contribution in [1.29, 1.82) is 0 Å². The largest absolute Gasteiger partial charge is 0.497 e. The molecule has 1 aromatic rings. The van der Waals surface area contributed by atoms with E-state index in [1.807, 2.05) is 31.2 Å². The maximum Gasteiger partial charge on any atom is 0.330 e. The van der Waals surface area contributed by atoms with E-state index >= 15 is 0 Å². The second-order valence-electron chi connectivity index (χ2n) is 6.12. The Morgan fingerprint density at radius 1 is 1.10 bits per heavy atom. The Morgan fingerprint density at radius 3 is 2.52 bits per heavy atom. The van der Waals surface area contributed by atoms with Crippen LogP contribution in [0.2, 0.25) is 0 Å². The van der Waals surface area contributed by atoms with E-state index in [1.54, 1.807) is 26.4 Å². The Kier molecular flexibility index (Phi) is 13.5. The molecule has 2 atom stereocenters. The number of hydrogen-bond acceptors (Lipinski definition) is 7. The van der Waals surface area contributed by atoms with Crippen LogP contribution in [0.25, 0.3) is 0 Å². The van der Waals surface area contributed by atoms with Gasteiger partial charge >= 0.3 is 5.97 Å². The van der Waals surface area contributed by atoms with Crippen molar-refractivity contribution < 1.29 is 33.2 Å². The van der Waals surface area contributed by atoms with E-state index < -0.39 is 12.1 Å². The van der Waals surface area contributed by atoms with E-state index in [4.69, 9.17) is 28.4 Å². The minimum absolute atomic E-state index is 0.0557. The lowest BCUT2D eigenvalue weighted by Gasteiger charge is -2.22. The number of benzene rings is 1. The van der Waals surface area contributed by atoms with Crippen molar-refractivity contribution in [3.63, 3.8) is 0 Å². The molecule has 0 aliphatic heterocycles. The molecule has 0 aliphatic carbocycles. The van der Waals surface area contributed by atoms with Crippen molar-refractivity contribution in [3.8, 4) is 5.75 Å². The number of carbonyl (C=O) groups excluding carboxylic acids is 1. The highest BCUT2D eigenvalue weighted by atomic mass is 16.7. The smallest absolute Gasteiger partial charge is 0.330 e. The van der Waals surface area contributed by atoms with Crippen molar-refractivity contribution in [3.05, 3.63) is 54.6 Å². The Labute approximate surface area is 173 Å². The van der Waals surface area contributed by atoms with Crippen molar-refractivity contribution in [1.82, 2.24) is 0 Å². The predicted octanol–water partition coefficient (Wildman–Crippen LogP) is 3.28. The third-order valence-electron chi connectivity index (χ3n) is 3.90. The first-order valence-electron chi connectivity index (χ1n) is 9.49. The average Bonchev–Trinajstić information content (AvgIpc) is 2.74. The van der Waals surface area contributed by atoms with Crippen LogP contribution in [0, 0.1) is 0 Å². The Bertz CT molecular complexity index is 598. The summed E-state index contributed by atoms with van der Waals surface area (Å²) in [6.45, 7) is 7.10. The van der Waals surface area contributed by atoms with E-state index in [-0.39, 0.29) is 12.9 Å². The fourth-order valence-electron chi connectivity index (χ4n) is 2.18. The summed E-state index contributed by atoms with van der Waals surface area (Å²) in [4.78, 5) is 11.8. The van der Waals surface area contributed by atoms with Gasteiger partial charge in [0.15, 0.2) is 0 Å². The lowest BCUT2D eigenvalue weighted by molar-refractivity contribution is -0.138. The molecule has 0 heterocycles. The van der Waals surface area contributed by atoms with E-state index in [1.165, 1.54) is 6.08 Å². The molecule has 0 N–H and O–H groups in total. The monoisotopic (exact) mass is 408 g/mol. The van der Waals surface area contributed by atoms with Gasteiger partial charge in [0, 0.05) is 13.2 Å². The van der Waals surface area contributed by atoms with Crippen LogP contribution in [0.5, 0.6) is 5.75 Å². The van der Waals surface area contributed by atoms with Crippen LogP contribution in [-0.4, -0.2) is 59.0 Å². The highest BCUT2D eigenvalue weighted by Crippen LogP contribution is 2.14. The third kappa shape index (κ3) is 11.4. The number of methoxy groups -OCH3 is 2. The standard InChI is InChI=1S/C22H32O7/c1-5-6-13-27-22(23)12-11-21(29-17-26-15-14-24-3)18(2)28-16-19-7-9-20(25-4)10-8-19/h5,7-12,18,21H,1,6,13-17H2,2-4H3/b12-11+/t18-,21+/m0/s1. The molecule has 0 bridgehead atoms. The molecular formula is C22H32O7. The number of hydrogen-bond donors (Lipinski definition) is 0. The van der Waals surface area contributed by atoms with Crippen molar-refractivity contribution >= 4 is 5.97 Å². The van der Waals surface area contributed by atoms with Crippen LogP contribution in [0.3, 0.4) is 0 Å². The molecule has 0 aromatic heterocycles. The Hall–Kier alpha value is -2.19. The summed E-state index contributed by atoms with van der Waals surface area (Å²) < 4.78 is 32.1. The third-order valence-corrected chi connectivity index (χ3v) is 3.90. The molecule has 0 fully saturated rings. The van der Waals surface area contributed by atoms with Crippen LogP contribution in [0.4, 0.5) is 0 Å². The van der Waals surface area contributed by atoms with E-state index in [2.05, 4.69) is 6.58 Å². The summed E-state index contributed by atoms with van der Waals surface area (Å²) in [5.74, 6) is 0.345. The molecule has 29 heavy (non-hydrogen) atoms. The van der Waals surface area contributed by atoms with Gasteiger partial charge in [-0.2, -0.15) is 0 Å².